The molecule has 0 saturated heterocycles. The van der Waals surface area contributed by atoms with Crippen molar-refractivity contribution < 1.29 is 9.90 Å². The maximum absolute atomic E-state index is 11.8. The molecule has 0 heterocycles. The average molecular weight is 504 g/mol. The molecule has 0 spiro atoms. The summed E-state index contributed by atoms with van der Waals surface area (Å²) in [4.78, 5) is 16.4. The summed E-state index contributed by atoms with van der Waals surface area (Å²) in [6.45, 7) is 7.60. The zero-order valence-corrected chi connectivity index (χ0v) is 20.7. The highest BCUT2D eigenvalue weighted by atomic mass is 35.5. The van der Waals surface area contributed by atoms with Gasteiger partial charge in [0.1, 0.15) is 16.9 Å². The summed E-state index contributed by atoms with van der Waals surface area (Å²) in [5, 5.41) is 16.2. The van der Waals surface area contributed by atoms with Crippen molar-refractivity contribution in [3.8, 4) is 0 Å². The fraction of sp³-hybridized carbons (Fsp3) is 0.240. The molecule has 0 radical (unpaired) electrons. The van der Waals surface area contributed by atoms with E-state index in [2.05, 4.69) is 28.8 Å². The quantitative estimate of drug-likeness (QED) is 0.260. The molecule has 3 N–H and O–H groups in total. The van der Waals surface area contributed by atoms with E-state index in [1.54, 1.807) is 31.3 Å². The molecule has 8 heteroatoms. The number of nitrogens with zero attached hydrogens (tertiary/aromatic N) is 1. The SMILES string of the molecule is C=C/C(CCCc1ccc(CC(NC(=S)c2c(Cl)cccc2Cl)C(=O)O)cc1)=N\C(=C)NC. The van der Waals surface area contributed by atoms with Gasteiger partial charge in [0.25, 0.3) is 0 Å². The van der Waals surface area contributed by atoms with Crippen molar-refractivity contribution in [2.24, 2.45) is 4.99 Å². The van der Waals surface area contributed by atoms with Crippen molar-refractivity contribution in [1.82, 2.24) is 10.6 Å². The van der Waals surface area contributed by atoms with Crippen LogP contribution in [0, 0.1) is 0 Å². The summed E-state index contributed by atoms with van der Waals surface area (Å²) in [6, 6.07) is 12.0. The predicted octanol–water partition coefficient (Wildman–Crippen LogP) is 5.59. The number of hydrogen-bond acceptors (Lipinski definition) is 4. The third kappa shape index (κ3) is 8.31. The topological polar surface area (TPSA) is 73.7 Å². The molecular weight excluding hydrogens is 477 g/mol. The van der Waals surface area contributed by atoms with Gasteiger partial charge in [0.15, 0.2) is 0 Å². The number of carboxylic acids is 1. The molecule has 0 fully saturated rings. The predicted molar refractivity (Wildman–Crippen MR) is 142 cm³/mol. The number of aliphatic carboxylic acids is 1. The summed E-state index contributed by atoms with van der Waals surface area (Å²) in [5.74, 6) is -0.406. The molecule has 0 aliphatic heterocycles. The minimum atomic E-state index is -1.01. The molecule has 0 amide bonds. The Morgan fingerprint density at radius 2 is 1.79 bits per heavy atom. The van der Waals surface area contributed by atoms with Crippen LogP contribution in [0.3, 0.4) is 0 Å². The minimum absolute atomic E-state index is 0.204. The van der Waals surface area contributed by atoms with Crippen molar-refractivity contribution in [1.29, 1.82) is 0 Å². The first-order valence-electron chi connectivity index (χ1n) is 10.4. The van der Waals surface area contributed by atoms with Gasteiger partial charge < -0.3 is 15.7 Å². The van der Waals surface area contributed by atoms with Gasteiger partial charge in [-0.1, -0.05) is 78.9 Å². The second-order valence-corrected chi connectivity index (χ2v) is 8.56. The molecule has 0 bridgehead atoms. The van der Waals surface area contributed by atoms with Gasteiger partial charge in [-0.05, 0) is 48.6 Å². The van der Waals surface area contributed by atoms with E-state index in [-0.39, 0.29) is 11.4 Å². The normalized spacial score (nSPS) is 12.0. The van der Waals surface area contributed by atoms with Crippen LogP contribution in [0.4, 0.5) is 0 Å². The monoisotopic (exact) mass is 503 g/mol. The van der Waals surface area contributed by atoms with E-state index in [9.17, 15) is 9.90 Å². The third-order valence-electron chi connectivity index (χ3n) is 4.96. The van der Waals surface area contributed by atoms with Gasteiger partial charge >= 0.3 is 5.97 Å². The second kappa shape index (κ2) is 13.1. The Morgan fingerprint density at radius 3 is 2.33 bits per heavy atom. The van der Waals surface area contributed by atoms with Crippen LogP contribution in [0.25, 0.3) is 0 Å². The molecule has 2 aromatic rings. The molecule has 2 aromatic carbocycles. The van der Waals surface area contributed by atoms with Crippen molar-refractivity contribution in [2.45, 2.75) is 31.7 Å². The smallest absolute Gasteiger partial charge is 0.326 e. The first-order valence-corrected chi connectivity index (χ1v) is 11.5. The average Bonchev–Trinajstić information content (AvgIpc) is 2.78. The number of benzene rings is 2. The maximum atomic E-state index is 11.8. The Hall–Kier alpha value is -2.67. The summed E-state index contributed by atoms with van der Waals surface area (Å²) in [7, 11) is 1.78. The summed E-state index contributed by atoms with van der Waals surface area (Å²) in [5.41, 5.74) is 3.35. The number of halogens is 2. The number of aryl methyl sites for hydroxylation is 1. The van der Waals surface area contributed by atoms with Gasteiger partial charge in [-0.3, -0.25) is 0 Å². The molecule has 5 nitrogen and oxygen atoms in total. The van der Waals surface area contributed by atoms with Crippen molar-refractivity contribution in [2.75, 3.05) is 7.05 Å². The Morgan fingerprint density at radius 1 is 1.18 bits per heavy atom. The molecule has 0 aliphatic carbocycles. The van der Waals surface area contributed by atoms with Crippen molar-refractivity contribution in [3.05, 3.63) is 94.3 Å². The lowest BCUT2D eigenvalue weighted by Gasteiger charge is -2.18. The number of nitrogens with one attached hydrogen (secondary N) is 2. The first-order chi connectivity index (χ1) is 15.7. The van der Waals surface area contributed by atoms with Gasteiger partial charge in [-0.2, -0.15) is 0 Å². The van der Waals surface area contributed by atoms with E-state index in [0.29, 0.717) is 21.4 Å². The molecule has 33 heavy (non-hydrogen) atoms. The summed E-state index contributed by atoms with van der Waals surface area (Å²) in [6.07, 6.45) is 4.57. The number of thiocarbonyl (C=S) groups is 1. The number of aliphatic imine (C=N–C) groups is 1. The fourth-order valence-electron chi connectivity index (χ4n) is 3.13. The summed E-state index contributed by atoms with van der Waals surface area (Å²) >= 11 is 17.7. The first kappa shape index (κ1) is 26.6. The van der Waals surface area contributed by atoms with E-state index in [4.69, 9.17) is 35.4 Å². The van der Waals surface area contributed by atoms with E-state index in [1.165, 1.54) is 0 Å². The fourth-order valence-corrected chi connectivity index (χ4v) is 4.19. The van der Waals surface area contributed by atoms with E-state index >= 15 is 0 Å². The van der Waals surface area contributed by atoms with Gasteiger partial charge in [-0.15, -0.1) is 0 Å². The molecular formula is C25H27Cl2N3O2S. The highest BCUT2D eigenvalue weighted by Gasteiger charge is 2.21. The van der Waals surface area contributed by atoms with Crippen LogP contribution in [0.1, 0.15) is 29.5 Å². The number of allylic oxidation sites excluding steroid dienone is 1. The van der Waals surface area contributed by atoms with Crippen molar-refractivity contribution in [3.63, 3.8) is 0 Å². The molecule has 1 atom stereocenters. The van der Waals surface area contributed by atoms with E-state index in [0.717, 1.165) is 36.1 Å². The van der Waals surface area contributed by atoms with Crippen LogP contribution in [0.5, 0.6) is 0 Å². The summed E-state index contributed by atoms with van der Waals surface area (Å²) < 4.78 is 0. The molecule has 0 aromatic heterocycles. The van der Waals surface area contributed by atoms with E-state index in [1.807, 2.05) is 24.3 Å². The lowest BCUT2D eigenvalue weighted by Crippen LogP contribution is -2.42. The van der Waals surface area contributed by atoms with Crippen LogP contribution in [-0.4, -0.2) is 34.9 Å². The minimum Gasteiger partial charge on any atom is -0.480 e. The Labute approximate surface area is 210 Å². The van der Waals surface area contributed by atoms with Gasteiger partial charge in [0.05, 0.1) is 10.0 Å². The Bertz CT molecular complexity index is 1030. The Balaban J connectivity index is 1.98. The number of rotatable bonds is 12. The lowest BCUT2D eigenvalue weighted by atomic mass is 10.0. The molecule has 1 unspecified atom stereocenters. The molecule has 174 valence electrons. The van der Waals surface area contributed by atoms with Crippen LogP contribution < -0.4 is 10.6 Å². The number of carboxylic acid groups (broad SMARTS) is 1. The van der Waals surface area contributed by atoms with Crippen LogP contribution in [0.15, 0.2) is 72.5 Å². The Kier molecular flexibility index (Phi) is 10.6. The maximum Gasteiger partial charge on any atom is 0.326 e. The molecule has 2 rings (SSSR count). The van der Waals surface area contributed by atoms with Crippen LogP contribution >= 0.6 is 35.4 Å². The zero-order chi connectivity index (χ0) is 24.4. The van der Waals surface area contributed by atoms with Gasteiger partial charge in [-0.25, -0.2) is 9.79 Å². The van der Waals surface area contributed by atoms with Crippen molar-refractivity contribution >= 4 is 52.1 Å². The molecule has 0 aliphatic rings. The zero-order valence-electron chi connectivity index (χ0n) is 18.4. The molecule has 0 saturated carbocycles. The number of carbonyl (C=O) groups is 1. The lowest BCUT2D eigenvalue weighted by molar-refractivity contribution is -0.139. The van der Waals surface area contributed by atoms with Gasteiger partial charge in [0, 0.05) is 24.7 Å². The standard InChI is InChI=1S/C25H27Cl2N3O2S/c1-4-19(29-16(2)28-3)8-5-7-17-11-13-18(14-12-17)15-22(25(31)32)30-24(33)23-20(26)9-6-10-21(23)27/h4,6,9-14,22,28H,1-2,5,7-8,15H2,3H3,(H,30,33)(H,31,32)/b29-19+. The largest absolute Gasteiger partial charge is 0.480 e. The number of hydrogen-bond donors (Lipinski definition) is 3. The van der Waals surface area contributed by atoms with Crippen LogP contribution in [0.2, 0.25) is 10.0 Å². The highest BCUT2D eigenvalue weighted by Crippen LogP contribution is 2.24. The third-order valence-corrected chi connectivity index (χ3v) is 5.91. The van der Waals surface area contributed by atoms with Gasteiger partial charge in [0.2, 0.25) is 0 Å². The van der Waals surface area contributed by atoms with E-state index < -0.39 is 12.0 Å². The van der Waals surface area contributed by atoms with Crippen LogP contribution in [-0.2, 0) is 17.6 Å². The highest BCUT2D eigenvalue weighted by molar-refractivity contribution is 7.80. The second-order valence-electron chi connectivity index (χ2n) is 7.34.